The highest BCUT2D eigenvalue weighted by Crippen LogP contribution is 2.03. The van der Waals surface area contributed by atoms with Gasteiger partial charge in [0.15, 0.2) is 0 Å². The number of H-pyrrole nitrogens is 1. The minimum absolute atomic E-state index is 0.198. The van der Waals surface area contributed by atoms with Crippen LogP contribution >= 0.6 is 0 Å². The summed E-state index contributed by atoms with van der Waals surface area (Å²) in [5.74, 6) is 1.51. The van der Waals surface area contributed by atoms with E-state index in [9.17, 15) is 4.79 Å². The molecule has 0 saturated carbocycles. The first kappa shape index (κ1) is 12.3. The molecule has 7 nitrogen and oxygen atoms in total. The summed E-state index contributed by atoms with van der Waals surface area (Å²) in [6.45, 7) is 2.38. The SMILES string of the molecule is CCc1nc(C(=O)N(C)Cc2nccn2C)n[nH]1. The van der Waals surface area contributed by atoms with Crippen LogP contribution in [0.15, 0.2) is 12.4 Å². The zero-order valence-electron chi connectivity index (χ0n) is 10.7. The summed E-state index contributed by atoms with van der Waals surface area (Å²) in [5, 5.41) is 6.64. The highest BCUT2D eigenvalue weighted by molar-refractivity contribution is 5.90. The van der Waals surface area contributed by atoms with Gasteiger partial charge in [0, 0.05) is 32.9 Å². The van der Waals surface area contributed by atoms with Crippen molar-refractivity contribution >= 4 is 5.91 Å². The third kappa shape index (κ3) is 2.39. The number of nitrogens with zero attached hydrogens (tertiary/aromatic N) is 5. The molecule has 0 saturated heterocycles. The second-order valence-corrected chi connectivity index (χ2v) is 4.07. The van der Waals surface area contributed by atoms with Crippen molar-refractivity contribution < 1.29 is 4.79 Å². The largest absolute Gasteiger partial charge is 0.337 e. The number of carbonyl (C=O) groups excluding carboxylic acids is 1. The summed E-state index contributed by atoms with van der Waals surface area (Å²) in [7, 11) is 3.60. The fourth-order valence-electron chi connectivity index (χ4n) is 1.55. The fraction of sp³-hybridized carbons (Fsp3) is 0.455. The van der Waals surface area contributed by atoms with Crippen LogP contribution in [0.4, 0.5) is 0 Å². The number of aromatic amines is 1. The third-order valence-electron chi connectivity index (χ3n) is 2.70. The molecule has 1 amide bonds. The first-order valence-electron chi connectivity index (χ1n) is 5.74. The molecule has 0 aliphatic rings. The first-order chi connectivity index (χ1) is 8.61. The highest BCUT2D eigenvalue weighted by atomic mass is 16.2. The smallest absolute Gasteiger partial charge is 0.293 e. The van der Waals surface area contributed by atoms with Crippen molar-refractivity contribution in [2.75, 3.05) is 7.05 Å². The van der Waals surface area contributed by atoms with Crippen molar-refractivity contribution in [1.82, 2.24) is 29.6 Å². The molecule has 96 valence electrons. The van der Waals surface area contributed by atoms with Gasteiger partial charge in [0.25, 0.3) is 5.91 Å². The Balaban J connectivity index is 2.07. The number of hydrogen-bond donors (Lipinski definition) is 1. The van der Waals surface area contributed by atoms with Crippen LogP contribution in [-0.2, 0) is 20.0 Å². The van der Waals surface area contributed by atoms with E-state index in [-0.39, 0.29) is 11.7 Å². The molecular weight excluding hydrogens is 232 g/mol. The molecule has 18 heavy (non-hydrogen) atoms. The Hall–Kier alpha value is -2.18. The van der Waals surface area contributed by atoms with Gasteiger partial charge >= 0.3 is 0 Å². The fourth-order valence-corrected chi connectivity index (χ4v) is 1.55. The molecule has 1 N–H and O–H groups in total. The Kier molecular flexibility index (Phi) is 3.40. The van der Waals surface area contributed by atoms with E-state index in [4.69, 9.17) is 0 Å². The van der Waals surface area contributed by atoms with Gasteiger partial charge in [-0.05, 0) is 0 Å². The van der Waals surface area contributed by atoms with Gasteiger partial charge < -0.3 is 9.47 Å². The third-order valence-corrected chi connectivity index (χ3v) is 2.70. The van der Waals surface area contributed by atoms with E-state index >= 15 is 0 Å². The van der Waals surface area contributed by atoms with Crippen molar-refractivity contribution in [2.45, 2.75) is 19.9 Å². The highest BCUT2D eigenvalue weighted by Gasteiger charge is 2.18. The summed E-state index contributed by atoms with van der Waals surface area (Å²) < 4.78 is 1.87. The molecule has 2 aromatic rings. The number of hydrogen-bond acceptors (Lipinski definition) is 4. The van der Waals surface area contributed by atoms with Crippen LogP contribution in [0.3, 0.4) is 0 Å². The van der Waals surface area contributed by atoms with Crippen molar-refractivity contribution in [3.8, 4) is 0 Å². The number of aromatic nitrogens is 5. The molecule has 0 aromatic carbocycles. The Morgan fingerprint density at radius 2 is 2.33 bits per heavy atom. The summed E-state index contributed by atoms with van der Waals surface area (Å²) in [6.07, 6.45) is 4.27. The zero-order valence-corrected chi connectivity index (χ0v) is 10.7. The monoisotopic (exact) mass is 248 g/mol. The number of rotatable bonds is 4. The summed E-state index contributed by atoms with van der Waals surface area (Å²) in [5.41, 5.74) is 0. The van der Waals surface area contributed by atoms with E-state index in [0.717, 1.165) is 12.2 Å². The Labute approximate surface area is 105 Å². The van der Waals surface area contributed by atoms with Gasteiger partial charge in [0.2, 0.25) is 5.82 Å². The van der Waals surface area contributed by atoms with Crippen molar-refractivity contribution in [1.29, 1.82) is 0 Å². The second-order valence-electron chi connectivity index (χ2n) is 4.07. The molecule has 2 rings (SSSR count). The molecule has 7 heteroatoms. The van der Waals surface area contributed by atoms with Gasteiger partial charge in [-0.1, -0.05) is 6.92 Å². The number of imidazole rings is 1. The summed E-state index contributed by atoms with van der Waals surface area (Å²) >= 11 is 0. The minimum Gasteiger partial charge on any atom is -0.337 e. The zero-order chi connectivity index (χ0) is 13.1. The molecule has 0 fully saturated rings. The molecule has 0 aliphatic carbocycles. The predicted molar refractivity (Wildman–Crippen MR) is 64.8 cm³/mol. The van der Waals surface area contributed by atoms with Crippen LogP contribution in [0.2, 0.25) is 0 Å². The Bertz CT molecular complexity index is 543. The van der Waals surface area contributed by atoms with Crippen LogP contribution in [0.1, 0.15) is 29.2 Å². The van der Waals surface area contributed by atoms with Crippen LogP contribution < -0.4 is 0 Å². The van der Waals surface area contributed by atoms with E-state index in [2.05, 4.69) is 20.2 Å². The second kappa shape index (κ2) is 4.99. The first-order valence-corrected chi connectivity index (χ1v) is 5.74. The number of amides is 1. The molecule has 0 aliphatic heterocycles. The lowest BCUT2D eigenvalue weighted by atomic mass is 10.4. The molecule has 0 unspecified atom stereocenters. The number of carbonyl (C=O) groups is 1. The predicted octanol–water partition coefficient (Wildman–Crippen LogP) is 0.373. The van der Waals surface area contributed by atoms with Crippen LogP contribution in [0.5, 0.6) is 0 Å². The van der Waals surface area contributed by atoms with Crippen molar-refractivity contribution in [3.05, 3.63) is 29.9 Å². The average molecular weight is 248 g/mol. The van der Waals surface area contributed by atoms with Crippen LogP contribution in [-0.4, -0.2) is 42.6 Å². The molecule has 2 heterocycles. The van der Waals surface area contributed by atoms with Gasteiger partial charge in [0.1, 0.15) is 11.6 Å². The Morgan fingerprint density at radius 1 is 1.56 bits per heavy atom. The van der Waals surface area contributed by atoms with E-state index in [1.807, 2.05) is 24.7 Å². The summed E-state index contributed by atoms with van der Waals surface area (Å²) in [4.78, 5) is 21.9. The van der Waals surface area contributed by atoms with Crippen molar-refractivity contribution in [3.63, 3.8) is 0 Å². The normalized spacial score (nSPS) is 10.6. The standard InChI is InChI=1S/C11H16N6O/c1-4-8-13-10(15-14-8)11(18)17(3)7-9-12-5-6-16(9)2/h5-6H,4,7H2,1-3H3,(H,13,14,15). The van der Waals surface area contributed by atoms with Gasteiger partial charge in [-0.3, -0.25) is 9.89 Å². The molecule has 2 aromatic heterocycles. The van der Waals surface area contributed by atoms with Crippen LogP contribution in [0, 0.1) is 0 Å². The topological polar surface area (TPSA) is 79.7 Å². The molecular formula is C11H16N6O. The maximum absolute atomic E-state index is 12.1. The quantitative estimate of drug-likeness (QED) is 0.848. The van der Waals surface area contributed by atoms with Gasteiger partial charge in [-0.25, -0.2) is 9.97 Å². The van der Waals surface area contributed by atoms with Gasteiger partial charge in [-0.15, -0.1) is 5.10 Å². The lowest BCUT2D eigenvalue weighted by Crippen LogP contribution is -2.28. The van der Waals surface area contributed by atoms with E-state index < -0.39 is 0 Å². The minimum atomic E-state index is -0.214. The number of nitrogens with one attached hydrogen (secondary N) is 1. The van der Waals surface area contributed by atoms with Gasteiger partial charge in [-0.2, -0.15) is 0 Å². The lowest BCUT2D eigenvalue weighted by Gasteiger charge is -2.14. The average Bonchev–Trinajstić information content (AvgIpc) is 2.98. The van der Waals surface area contributed by atoms with E-state index in [1.165, 1.54) is 0 Å². The number of aryl methyl sites for hydroxylation is 2. The maximum Gasteiger partial charge on any atom is 0.293 e. The molecule has 0 spiro atoms. The maximum atomic E-state index is 12.1. The van der Waals surface area contributed by atoms with E-state index in [0.29, 0.717) is 12.4 Å². The van der Waals surface area contributed by atoms with E-state index in [1.54, 1.807) is 18.1 Å². The molecule has 0 atom stereocenters. The molecule has 0 bridgehead atoms. The molecule has 0 radical (unpaired) electrons. The Morgan fingerprint density at radius 3 is 2.89 bits per heavy atom. The van der Waals surface area contributed by atoms with Crippen LogP contribution in [0.25, 0.3) is 0 Å². The van der Waals surface area contributed by atoms with Crippen molar-refractivity contribution in [2.24, 2.45) is 7.05 Å². The lowest BCUT2D eigenvalue weighted by molar-refractivity contribution is 0.0769. The summed E-state index contributed by atoms with van der Waals surface area (Å²) in [6, 6.07) is 0. The van der Waals surface area contributed by atoms with Gasteiger partial charge in [0.05, 0.1) is 6.54 Å².